The molecule has 3 rings (SSSR count). The Morgan fingerprint density at radius 2 is 1.62 bits per heavy atom. The second kappa shape index (κ2) is 5.61. The van der Waals surface area contributed by atoms with Crippen LogP contribution in [0.25, 0.3) is 0 Å². The molecule has 4 nitrogen and oxygen atoms in total. The van der Waals surface area contributed by atoms with E-state index in [1.807, 2.05) is 0 Å². The summed E-state index contributed by atoms with van der Waals surface area (Å²) in [5.74, 6) is -0.0382. The Morgan fingerprint density at radius 1 is 1.08 bits per heavy atom. The first-order chi connectivity index (χ1) is 11.1. The van der Waals surface area contributed by atoms with Crippen LogP contribution in [0.5, 0.6) is 0 Å². The van der Waals surface area contributed by atoms with Crippen molar-refractivity contribution < 1.29 is 9.59 Å². The van der Waals surface area contributed by atoms with Gasteiger partial charge in [0.25, 0.3) is 5.91 Å². The van der Waals surface area contributed by atoms with E-state index in [0.29, 0.717) is 6.54 Å². The van der Waals surface area contributed by atoms with Gasteiger partial charge in [0.05, 0.1) is 6.54 Å². The van der Waals surface area contributed by atoms with Crippen molar-refractivity contribution in [3.05, 3.63) is 34.4 Å². The molecule has 4 heteroatoms. The molecule has 1 heterocycles. The van der Waals surface area contributed by atoms with Crippen LogP contribution in [0.3, 0.4) is 0 Å². The summed E-state index contributed by atoms with van der Waals surface area (Å²) >= 11 is 0. The molecule has 1 saturated carbocycles. The van der Waals surface area contributed by atoms with Gasteiger partial charge in [0.2, 0.25) is 0 Å². The molecular formula is C20H28N2O2. The Labute approximate surface area is 144 Å². The minimum Gasteiger partial charge on any atom is -0.323 e. The molecular weight excluding hydrogens is 300 g/mol. The molecule has 24 heavy (non-hydrogen) atoms. The molecule has 1 saturated heterocycles. The van der Waals surface area contributed by atoms with Crippen LogP contribution in [0.15, 0.2) is 12.1 Å². The zero-order valence-electron chi connectivity index (χ0n) is 15.5. The fraction of sp³-hybridized carbons (Fsp3) is 0.600. The van der Waals surface area contributed by atoms with Gasteiger partial charge in [0.15, 0.2) is 0 Å². The number of nitrogens with zero attached hydrogens (tertiary/aromatic N) is 1. The lowest BCUT2D eigenvalue weighted by molar-refractivity contribution is -0.131. The van der Waals surface area contributed by atoms with E-state index in [2.05, 4.69) is 52.1 Å². The highest BCUT2D eigenvalue weighted by molar-refractivity contribution is 6.07. The summed E-state index contributed by atoms with van der Waals surface area (Å²) in [6.45, 7) is 11.1. The quantitative estimate of drug-likeness (QED) is 0.835. The predicted octanol–water partition coefficient (Wildman–Crippen LogP) is 3.97. The molecule has 0 atom stereocenters. The highest BCUT2D eigenvalue weighted by atomic mass is 16.2. The summed E-state index contributed by atoms with van der Waals surface area (Å²) in [4.78, 5) is 26.6. The maximum atomic E-state index is 12.8. The number of amides is 3. The van der Waals surface area contributed by atoms with E-state index < -0.39 is 5.54 Å². The van der Waals surface area contributed by atoms with Crippen LogP contribution in [0.1, 0.15) is 68.7 Å². The highest BCUT2D eigenvalue weighted by Crippen LogP contribution is 2.36. The standard InChI is InChI=1S/C20H28N2O2/c1-13-10-15(19(3,4)5)11-14(2)16(13)12-22-17(23)20(21-18(22)24)8-6-7-9-20/h10-11H,6-9,12H2,1-5H3,(H,21,24). The largest absolute Gasteiger partial charge is 0.325 e. The van der Waals surface area contributed by atoms with E-state index in [1.54, 1.807) is 0 Å². The van der Waals surface area contributed by atoms with Gasteiger partial charge in [-0.2, -0.15) is 0 Å². The van der Waals surface area contributed by atoms with E-state index in [-0.39, 0.29) is 17.4 Å². The third kappa shape index (κ3) is 2.72. The van der Waals surface area contributed by atoms with Gasteiger partial charge in [-0.25, -0.2) is 4.79 Å². The summed E-state index contributed by atoms with van der Waals surface area (Å²) in [6, 6.07) is 4.14. The molecule has 1 aromatic rings. The van der Waals surface area contributed by atoms with Crippen LogP contribution in [-0.2, 0) is 16.8 Å². The summed E-state index contributed by atoms with van der Waals surface area (Å²) in [7, 11) is 0. The first-order valence-corrected chi connectivity index (χ1v) is 8.89. The molecule has 0 unspecified atom stereocenters. The molecule has 130 valence electrons. The number of aryl methyl sites for hydroxylation is 2. The molecule has 1 spiro atoms. The molecule has 2 fully saturated rings. The Kier molecular flexibility index (Phi) is 3.97. The fourth-order valence-corrected chi connectivity index (χ4v) is 3.97. The third-order valence-electron chi connectivity index (χ3n) is 5.58. The van der Waals surface area contributed by atoms with Crippen molar-refractivity contribution >= 4 is 11.9 Å². The van der Waals surface area contributed by atoms with Crippen molar-refractivity contribution in [3.8, 4) is 0 Å². The minimum atomic E-state index is -0.621. The number of nitrogens with one attached hydrogen (secondary N) is 1. The molecule has 0 bridgehead atoms. The normalized spacial score (nSPS) is 20.1. The summed E-state index contributed by atoms with van der Waals surface area (Å²) in [6.07, 6.45) is 3.57. The van der Waals surface area contributed by atoms with E-state index >= 15 is 0 Å². The molecule has 3 amide bonds. The van der Waals surface area contributed by atoms with E-state index in [9.17, 15) is 9.59 Å². The van der Waals surface area contributed by atoms with Gasteiger partial charge in [-0.05, 0) is 54.4 Å². The van der Waals surface area contributed by atoms with Crippen molar-refractivity contribution in [2.24, 2.45) is 0 Å². The van der Waals surface area contributed by atoms with Gasteiger partial charge in [-0.15, -0.1) is 0 Å². The van der Waals surface area contributed by atoms with Crippen LogP contribution in [0.2, 0.25) is 0 Å². The van der Waals surface area contributed by atoms with E-state index in [4.69, 9.17) is 0 Å². The SMILES string of the molecule is Cc1cc(C(C)(C)C)cc(C)c1CN1C(=O)NC2(CCCC2)C1=O. The minimum absolute atomic E-state index is 0.0382. The topological polar surface area (TPSA) is 49.4 Å². The maximum absolute atomic E-state index is 12.8. The van der Waals surface area contributed by atoms with Gasteiger partial charge in [0, 0.05) is 0 Å². The van der Waals surface area contributed by atoms with Crippen LogP contribution < -0.4 is 5.32 Å². The lowest BCUT2D eigenvalue weighted by atomic mass is 9.83. The number of benzene rings is 1. The Hall–Kier alpha value is -1.84. The molecule has 2 aliphatic rings. The second-order valence-electron chi connectivity index (χ2n) is 8.45. The second-order valence-corrected chi connectivity index (χ2v) is 8.45. The van der Waals surface area contributed by atoms with E-state index in [0.717, 1.165) is 42.4 Å². The molecule has 1 aliphatic carbocycles. The van der Waals surface area contributed by atoms with Crippen LogP contribution in [0, 0.1) is 13.8 Å². The average molecular weight is 328 g/mol. The molecule has 1 aromatic carbocycles. The van der Waals surface area contributed by atoms with Gasteiger partial charge in [0.1, 0.15) is 5.54 Å². The molecule has 1 aliphatic heterocycles. The number of imide groups is 1. The number of urea groups is 1. The van der Waals surface area contributed by atoms with Gasteiger partial charge < -0.3 is 5.32 Å². The van der Waals surface area contributed by atoms with Crippen molar-refractivity contribution in [2.75, 3.05) is 0 Å². The number of hydrogen-bond donors (Lipinski definition) is 1. The Bertz CT molecular complexity index is 671. The van der Waals surface area contributed by atoms with Crippen LogP contribution in [0.4, 0.5) is 4.79 Å². The van der Waals surface area contributed by atoms with Gasteiger partial charge in [-0.3, -0.25) is 9.69 Å². The third-order valence-corrected chi connectivity index (χ3v) is 5.58. The number of rotatable bonds is 2. The summed E-state index contributed by atoms with van der Waals surface area (Å²) in [5.41, 5.74) is 4.13. The van der Waals surface area contributed by atoms with Crippen molar-refractivity contribution in [1.82, 2.24) is 10.2 Å². The number of hydrogen-bond acceptors (Lipinski definition) is 2. The maximum Gasteiger partial charge on any atom is 0.325 e. The van der Waals surface area contributed by atoms with Gasteiger partial charge >= 0.3 is 6.03 Å². The zero-order chi connectivity index (χ0) is 17.7. The smallest absolute Gasteiger partial charge is 0.323 e. The summed E-state index contributed by atoms with van der Waals surface area (Å²) < 4.78 is 0. The molecule has 0 aromatic heterocycles. The Morgan fingerprint density at radius 3 is 2.12 bits per heavy atom. The predicted molar refractivity (Wildman–Crippen MR) is 94.9 cm³/mol. The zero-order valence-corrected chi connectivity index (χ0v) is 15.5. The Balaban J connectivity index is 1.89. The highest BCUT2D eigenvalue weighted by Gasteiger charge is 2.52. The molecule has 1 N–H and O–H groups in total. The van der Waals surface area contributed by atoms with E-state index in [1.165, 1.54) is 10.5 Å². The molecule has 0 radical (unpaired) electrons. The van der Waals surface area contributed by atoms with Crippen molar-refractivity contribution in [2.45, 2.75) is 77.8 Å². The first kappa shape index (κ1) is 17.0. The monoisotopic (exact) mass is 328 g/mol. The summed E-state index contributed by atoms with van der Waals surface area (Å²) in [5, 5.41) is 2.96. The lowest BCUT2D eigenvalue weighted by Gasteiger charge is -2.24. The number of carbonyl (C=O) groups is 2. The number of carbonyl (C=O) groups excluding carboxylic acids is 2. The fourth-order valence-electron chi connectivity index (χ4n) is 3.97. The van der Waals surface area contributed by atoms with Gasteiger partial charge in [-0.1, -0.05) is 45.7 Å². The van der Waals surface area contributed by atoms with Crippen molar-refractivity contribution in [1.29, 1.82) is 0 Å². The first-order valence-electron chi connectivity index (χ1n) is 8.89. The average Bonchev–Trinajstić information content (AvgIpc) is 3.02. The lowest BCUT2D eigenvalue weighted by Crippen LogP contribution is -2.44. The van der Waals surface area contributed by atoms with Crippen molar-refractivity contribution in [3.63, 3.8) is 0 Å². The van der Waals surface area contributed by atoms with Crippen LogP contribution >= 0.6 is 0 Å². The van der Waals surface area contributed by atoms with Crippen LogP contribution in [-0.4, -0.2) is 22.4 Å².